The topological polar surface area (TPSA) is 58.9 Å². The number of halogens is 1. The van der Waals surface area contributed by atoms with Crippen LogP contribution in [0.15, 0.2) is 12.1 Å². The molecule has 2 bridgehead atoms. The zero-order chi connectivity index (χ0) is 18.6. The van der Waals surface area contributed by atoms with E-state index in [2.05, 4.69) is 13.1 Å². The van der Waals surface area contributed by atoms with E-state index in [1.807, 2.05) is 0 Å². The number of phenols is 1. The Kier molecular flexibility index (Phi) is 4.15. The van der Waals surface area contributed by atoms with Crippen molar-refractivity contribution in [2.75, 3.05) is 27.2 Å². The minimum absolute atomic E-state index is 0. The van der Waals surface area contributed by atoms with Crippen LogP contribution in [0.25, 0.3) is 0 Å². The van der Waals surface area contributed by atoms with E-state index in [1.165, 1.54) is 24.9 Å². The standard InChI is InChI=1S/C22H29NO4.HI/c1-23(12-13-3-4-13)10-9-21-18-14-5-6-15(24)19(18)27-20(21)16(26-2)7-8-22(21,25)17(23)11-14;/h5-6,13,16-17,20,25H,3-4,7-12H2,1-2H3;1H/t16-,17-,20+,21+,22-,23?;/m1./s1. The number of hydrogen-bond donors (Lipinski definition) is 2. The van der Waals surface area contributed by atoms with Crippen molar-refractivity contribution in [3.05, 3.63) is 23.3 Å². The SMILES string of the molecule is CO[C@@H]1CC[C@@]2(O)[C@H]3Cc4ccc(O)c5c4[C@@]2(CC[N+]3(C)CC2CC2)[C@H]1O5.[I-]. The maximum absolute atomic E-state index is 12.4. The lowest BCUT2D eigenvalue weighted by molar-refractivity contribution is -0.950. The summed E-state index contributed by atoms with van der Waals surface area (Å²) in [4.78, 5) is 0. The summed E-state index contributed by atoms with van der Waals surface area (Å²) in [6.07, 6.45) is 5.78. The number of methoxy groups -OCH3 is 1. The zero-order valence-corrected chi connectivity index (χ0v) is 18.8. The number of likely N-dealkylation sites (tertiary alicyclic amines) is 1. The Morgan fingerprint density at radius 2 is 2.04 bits per heavy atom. The second kappa shape index (κ2) is 5.99. The van der Waals surface area contributed by atoms with Crippen LogP contribution in [-0.4, -0.2) is 65.8 Å². The molecule has 1 aromatic rings. The molecule has 0 aromatic heterocycles. The molecule has 6 atom stereocenters. The molecule has 5 nitrogen and oxygen atoms in total. The number of aromatic hydroxyl groups is 1. The predicted octanol–water partition coefficient (Wildman–Crippen LogP) is -0.880. The van der Waals surface area contributed by atoms with Crippen LogP contribution in [0.2, 0.25) is 0 Å². The highest BCUT2D eigenvalue weighted by atomic mass is 127. The Labute approximate surface area is 183 Å². The molecular formula is C22H30INO4. The number of rotatable bonds is 3. The van der Waals surface area contributed by atoms with Gasteiger partial charge in [-0.2, -0.15) is 0 Å². The minimum atomic E-state index is -0.791. The second-order valence-electron chi connectivity index (χ2n) is 9.99. The van der Waals surface area contributed by atoms with E-state index in [9.17, 15) is 10.2 Å². The minimum Gasteiger partial charge on any atom is -1.00 e. The first-order valence-corrected chi connectivity index (χ1v) is 10.5. The summed E-state index contributed by atoms with van der Waals surface area (Å²) in [5.41, 5.74) is 1.11. The maximum Gasteiger partial charge on any atom is 0.165 e. The first kappa shape index (κ1) is 19.4. The molecule has 5 aliphatic rings. The van der Waals surface area contributed by atoms with E-state index in [0.29, 0.717) is 5.75 Å². The van der Waals surface area contributed by atoms with Gasteiger partial charge in [-0.3, -0.25) is 0 Å². The van der Waals surface area contributed by atoms with Gasteiger partial charge in [0.2, 0.25) is 0 Å². The maximum atomic E-state index is 12.4. The van der Waals surface area contributed by atoms with Crippen LogP contribution >= 0.6 is 0 Å². The van der Waals surface area contributed by atoms with E-state index in [4.69, 9.17) is 9.47 Å². The third-order valence-corrected chi connectivity index (χ3v) is 8.73. The number of quaternary nitrogens is 1. The molecule has 2 aliphatic heterocycles. The molecule has 0 radical (unpaired) electrons. The lowest BCUT2D eigenvalue weighted by Crippen LogP contribution is -3.00. The fourth-order valence-electron chi connectivity index (χ4n) is 7.35. The molecule has 6 rings (SSSR count). The molecule has 1 spiro atoms. The Morgan fingerprint density at radius 3 is 2.75 bits per heavy atom. The van der Waals surface area contributed by atoms with Crippen molar-refractivity contribution in [1.29, 1.82) is 0 Å². The highest BCUT2D eigenvalue weighted by Crippen LogP contribution is 2.66. The van der Waals surface area contributed by atoms with Gasteiger partial charge >= 0.3 is 0 Å². The average Bonchev–Trinajstić information content (AvgIpc) is 3.37. The average molecular weight is 499 g/mol. The van der Waals surface area contributed by atoms with Crippen molar-refractivity contribution in [3.63, 3.8) is 0 Å². The molecule has 3 aliphatic carbocycles. The highest BCUT2D eigenvalue weighted by Gasteiger charge is 2.76. The Morgan fingerprint density at radius 1 is 1.25 bits per heavy atom. The monoisotopic (exact) mass is 499 g/mol. The molecule has 3 fully saturated rings. The summed E-state index contributed by atoms with van der Waals surface area (Å²) in [5, 5.41) is 22.9. The van der Waals surface area contributed by atoms with Crippen molar-refractivity contribution >= 4 is 0 Å². The summed E-state index contributed by atoms with van der Waals surface area (Å²) >= 11 is 0. The molecule has 28 heavy (non-hydrogen) atoms. The van der Waals surface area contributed by atoms with Crippen LogP contribution in [-0.2, 0) is 16.6 Å². The van der Waals surface area contributed by atoms with Crippen molar-refractivity contribution in [2.45, 2.75) is 67.8 Å². The van der Waals surface area contributed by atoms with Gasteiger partial charge < -0.3 is 48.1 Å². The van der Waals surface area contributed by atoms with Gasteiger partial charge in [0, 0.05) is 31.4 Å². The van der Waals surface area contributed by atoms with Crippen molar-refractivity contribution < 1.29 is 48.1 Å². The molecular weight excluding hydrogens is 469 g/mol. The largest absolute Gasteiger partial charge is 1.00 e. The van der Waals surface area contributed by atoms with Crippen LogP contribution in [0.1, 0.15) is 43.2 Å². The molecule has 2 saturated carbocycles. The van der Waals surface area contributed by atoms with Gasteiger partial charge in [0.15, 0.2) is 11.5 Å². The Bertz CT molecular complexity index is 829. The normalized spacial score (nSPS) is 45.0. The van der Waals surface area contributed by atoms with Crippen LogP contribution in [0.4, 0.5) is 0 Å². The summed E-state index contributed by atoms with van der Waals surface area (Å²) in [6.45, 7) is 2.25. The Hall–Kier alpha value is -0.570. The number of aliphatic hydroxyl groups is 1. The number of phenolic OH excluding ortho intramolecular Hbond substituents is 1. The van der Waals surface area contributed by atoms with Gasteiger partial charge in [0.05, 0.1) is 31.7 Å². The quantitative estimate of drug-likeness (QED) is 0.419. The van der Waals surface area contributed by atoms with Gasteiger partial charge in [-0.25, -0.2) is 0 Å². The van der Waals surface area contributed by atoms with Crippen molar-refractivity contribution in [2.24, 2.45) is 5.92 Å². The third-order valence-electron chi connectivity index (χ3n) is 8.73. The number of likely N-dealkylation sites (N-methyl/N-ethyl adjacent to an activating group) is 1. The van der Waals surface area contributed by atoms with Gasteiger partial charge in [-0.15, -0.1) is 0 Å². The van der Waals surface area contributed by atoms with E-state index in [0.717, 1.165) is 48.2 Å². The number of nitrogens with zero attached hydrogens (tertiary/aromatic N) is 1. The van der Waals surface area contributed by atoms with Crippen molar-refractivity contribution in [1.82, 2.24) is 0 Å². The van der Waals surface area contributed by atoms with E-state index >= 15 is 0 Å². The van der Waals surface area contributed by atoms with E-state index in [1.54, 1.807) is 13.2 Å². The summed E-state index contributed by atoms with van der Waals surface area (Å²) in [6, 6.07) is 4.03. The molecule has 6 heteroatoms. The highest BCUT2D eigenvalue weighted by molar-refractivity contribution is 5.62. The number of piperidine rings is 1. The zero-order valence-electron chi connectivity index (χ0n) is 16.7. The number of hydrogen-bond acceptors (Lipinski definition) is 4. The van der Waals surface area contributed by atoms with Crippen LogP contribution < -0.4 is 28.7 Å². The molecule has 154 valence electrons. The molecule has 2 heterocycles. The van der Waals surface area contributed by atoms with Gasteiger partial charge in [0.1, 0.15) is 17.7 Å². The summed E-state index contributed by atoms with van der Waals surface area (Å²) in [7, 11) is 4.11. The molecule has 1 saturated heterocycles. The van der Waals surface area contributed by atoms with E-state index < -0.39 is 11.0 Å². The summed E-state index contributed by atoms with van der Waals surface area (Å²) < 4.78 is 13.2. The number of ether oxygens (including phenoxy) is 2. The van der Waals surface area contributed by atoms with E-state index in [-0.39, 0.29) is 48.0 Å². The van der Waals surface area contributed by atoms with Crippen LogP contribution in [0.3, 0.4) is 0 Å². The molecule has 2 N–H and O–H groups in total. The second-order valence-corrected chi connectivity index (χ2v) is 9.99. The van der Waals surface area contributed by atoms with Gasteiger partial charge in [-0.05, 0) is 37.3 Å². The van der Waals surface area contributed by atoms with Crippen molar-refractivity contribution in [3.8, 4) is 11.5 Å². The molecule has 1 aromatic carbocycles. The predicted molar refractivity (Wildman–Crippen MR) is 99.9 cm³/mol. The fraction of sp³-hybridized carbons (Fsp3) is 0.727. The third kappa shape index (κ3) is 2.13. The lowest BCUT2D eigenvalue weighted by atomic mass is 9.48. The first-order valence-electron chi connectivity index (χ1n) is 10.5. The van der Waals surface area contributed by atoms with Crippen LogP contribution in [0.5, 0.6) is 11.5 Å². The summed E-state index contributed by atoms with van der Waals surface area (Å²) in [5.74, 6) is 1.64. The van der Waals surface area contributed by atoms with Gasteiger partial charge in [-0.1, -0.05) is 6.07 Å². The Balaban J connectivity index is 0.00000171. The van der Waals surface area contributed by atoms with Crippen LogP contribution in [0, 0.1) is 5.92 Å². The molecule has 1 unspecified atom stereocenters. The first-order chi connectivity index (χ1) is 12.9. The number of benzene rings is 1. The molecule has 0 amide bonds. The van der Waals surface area contributed by atoms with Gasteiger partial charge in [0.25, 0.3) is 0 Å². The smallest absolute Gasteiger partial charge is 0.165 e. The fourth-order valence-corrected chi connectivity index (χ4v) is 7.35. The lowest BCUT2D eigenvalue weighted by Gasteiger charge is -2.65.